The van der Waals surface area contributed by atoms with Crippen molar-refractivity contribution in [1.29, 1.82) is 0 Å². The summed E-state index contributed by atoms with van der Waals surface area (Å²) < 4.78 is 5.10. The molecule has 0 saturated heterocycles. The lowest BCUT2D eigenvalue weighted by Crippen LogP contribution is -1.95. The molecule has 0 bridgehead atoms. The monoisotopic (exact) mass is 167 g/mol. The van der Waals surface area contributed by atoms with Crippen LogP contribution in [0.2, 0.25) is 0 Å². The molecule has 3 N–H and O–H groups in total. The fourth-order valence-corrected chi connectivity index (χ4v) is 1.30. The van der Waals surface area contributed by atoms with Gasteiger partial charge < -0.3 is 15.6 Å². The number of hydrogen-bond acceptors (Lipinski definition) is 3. The molecule has 0 aromatic heterocycles. The molecule has 0 spiro atoms. The van der Waals surface area contributed by atoms with Crippen molar-refractivity contribution in [3.05, 3.63) is 17.2 Å². The first-order valence-corrected chi connectivity index (χ1v) is 3.70. The smallest absolute Gasteiger partial charge is 0.145 e. The zero-order chi connectivity index (χ0) is 9.30. The molecular weight excluding hydrogens is 154 g/mol. The maximum atomic E-state index is 9.44. The van der Waals surface area contributed by atoms with Crippen LogP contribution in [0.5, 0.6) is 11.5 Å². The third-order valence-corrected chi connectivity index (χ3v) is 1.90. The van der Waals surface area contributed by atoms with Crippen molar-refractivity contribution >= 4 is 5.69 Å². The van der Waals surface area contributed by atoms with E-state index in [-0.39, 0.29) is 5.75 Å². The maximum Gasteiger partial charge on any atom is 0.145 e. The van der Waals surface area contributed by atoms with E-state index in [2.05, 4.69) is 0 Å². The highest BCUT2D eigenvalue weighted by Gasteiger charge is 2.09. The molecule has 0 aliphatic rings. The molecule has 66 valence electrons. The topological polar surface area (TPSA) is 55.5 Å². The van der Waals surface area contributed by atoms with Gasteiger partial charge in [-0.1, -0.05) is 0 Å². The largest absolute Gasteiger partial charge is 0.505 e. The third-order valence-electron chi connectivity index (χ3n) is 1.90. The average molecular weight is 167 g/mol. The van der Waals surface area contributed by atoms with Crippen molar-refractivity contribution in [1.82, 2.24) is 0 Å². The molecule has 0 fully saturated rings. The predicted molar refractivity (Wildman–Crippen MR) is 48.5 cm³/mol. The van der Waals surface area contributed by atoms with Gasteiger partial charge in [0.15, 0.2) is 0 Å². The normalized spacial score (nSPS) is 9.92. The van der Waals surface area contributed by atoms with Gasteiger partial charge in [-0.15, -0.1) is 0 Å². The summed E-state index contributed by atoms with van der Waals surface area (Å²) in [5.41, 5.74) is 7.56. The molecule has 0 saturated carbocycles. The molecule has 1 rings (SSSR count). The van der Waals surface area contributed by atoms with Crippen LogP contribution < -0.4 is 10.5 Å². The standard InChI is InChI=1S/C9H13NO2/c1-5-4-7(10)8(11)6(2)9(5)12-3/h4,11H,10H2,1-3H3. The van der Waals surface area contributed by atoms with E-state index >= 15 is 0 Å². The molecule has 0 heterocycles. The molecule has 0 aliphatic heterocycles. The number of methoxy groups -OCH3 is 1. The Hall–Kier alpha value is -1.38. The first-order chi connectivity index (χ1) is 5.57. The Morgan fingerprint density at radius 2 is 2.00 bits per heavy atom. The minimum absolute atomic E-state index is 0.109. The second kappa shape index (κ2) is 2.93. The van der Waals surface area contributed by atoms with Gasteiger partial charge >= 0.3 is 0 Å². The quantitative estimate of drug-likeness (QED) is 0.493. The van der Waals surface area contributed by atoms with Crippen molar-refractivity contribution < 1.29 is 9.84 Å². The summed E-state index contributed by atoms with van der Waals surface area (Å²) in [7, 11) is 1.57. The number of phenolic OH excluding ortho intramolecular Hbond substituents is 1. The number of phenols is 1. The van der Waals surface area contributed by atoms with Crippen LogP contribution in [-0.2, 0) is 0 Å². The fourth-order valence-electron chi connectivity index (χ4n) is 1.30. The Labute approximate surface area is 71.8 Å². The van der Waals surface area contributed by atoms with Gasteiger partial charge in [0.2, 0.25) is 0 Å². The van der Waals surface area contributed by atoms with E-state index in [4.69, 9.17) is 10.5 Å². The summed E-state index contributed by atoms with van der Waals surface area (Å²) in [5, 5.41) is 9.44. The van der Waals surface area contributed by atoms with Crippen LogP contribution in [-0.4, -0.2) is 12.2 Å². The van der Waals surface area contributed by atoms with Crippen LogP contribution in [0.15, 0.2) is 6.07 Å². The summed E-state index contributed by atoms with van der Waals surface area (Å²) in [6.07, 6.45) is 0. The summed E-state index contributed by atoms with van der Waals surface area (Å²) in [6, 6.07) is 1.70. The van der Waals surface area contributed by atoms with Crippen LogP contribution >= 0.6 is 0 Å². The lowest BCUT2D eigenvalue weighted by Gasteiger charge is -2.11. The number of hydrogen-bond donors (Lipinski definition) is 2. The number of nitrogen functional groups attached to an aromatic ring is 1. The molecule has 1 aromatic carbocycles. The molecular formula is C9H13NO2. The molecule has 12 heavy (non-hydrogen) atoms. The fraction of sp³-hybridized carbons (Fsp3) is 0.333. The van der Waals surface area contributed by atoms with Crippen LogP contribution in [0.1, 0.15) is 11.1 Å². The Bertz CT molecular complexity index is 308. The first-order valence-electron chi connectivity index (χ1n) is 3.70. The van der Waals surface area contributed by atoms with Crippen molar-refractivity contribution in [3.63, 3.8) is 0 Å². The Morgan fingerprint density at radius 3 is 2.50 bits per heavy atom. The van der Waals surface area contributed by atoms with Gasteiger partial charge in [-0.3, -0.25) is 0 Å². The number of anilines is 1. The van der Waals surface area contributed by atoms with Crippen molar-refractivity contribution in [2.45, 2.75) is 13.8 Å². The zero-order valence-corrected chi connectivity index (χ0v) is 7.51. The van der Waals surface area contributed by atoms with Crippen LogP contribution in [0.3, 0.4) is 0 Å². The SMILES string of the molecule is COc1c(C)cc(N)c(O)c1C. The van der Waals surface area contributed by atoms with Crippen molar-refractivity contribution in [2.75, 3.05) is 12.8 Å². The van der Waals surface area contributed by atoms with E-state index in [1.165, 1.54) is 0 Å². The number of rotatable bonds is 1. The highest BCUT2D eigenvalue weighted by molar-refractivity contribution is 5.63. The van der Waals surface area contributed by atoms with Gasteiger partial charge in [0.1, 0.15) is 11.5 Å². The Kier molecular flexibility index (Phi) is 2.13. The molecule has 0 radical (unpaired) electrons. The number of nitrogens with two attached hydrogens (primary N) is 1. The van der Waals surface area contributed by atoms with Crippen LogP contribution in [0, 0.1) is 13.8 Å². The van der Waals surface area contributed by atoms with Gasteiger partial charge in [0, 0.05) is 5.56 Å². The molecule has 0 aliphatic carbocycles. The number of aromatic hydroxyl groups is 1. The molecule has 0 atom stereocenters. The van der Waals surface area contributed by atoms with Gasteiger partial charge in [-0.05, 0) is 25.5 Å². The highest BCUT2D eigenvalue weighted by Crippen LogP contribution is 2.34. The summed E-state index contributed by atoms with van der Waals surface area (Å²) >= 11 is 0. The lowest BCUT2D eigenvalue weighted by atomic mass is 10.1. The number of ether oxygens (including phenoxy) is 1. The predicted octanol–water partition coefficient (Wildman–Crippen LogP) is 1.60. The minimum Gasteiger partial charge on any atom is -0.505 e. The van der Waals surface area contributed by atoms with E-state index in [0.717, 1.165) is 5.56 Å². The minimum atomic E-state index is 0.109. The second-order valence-corrected chi connectivity index (χ2v) is 2.79. The second-order valence-electron chi connectivity index (χ2n) is 2.79. The first kappa shape index (κ1) is 8.71. The molecule has 3 heteroatoms. The van der Waals surface area contributed by atoms with E-state index in [0.29, 0.717) is 17.0 Å². The van der Waals surface area contributed by atoms with E-state index in [1.807, 2.05) is 6.92 Å². The highest BCUT2D eigenvalue weighted by atomic mass is 16.5. The van der Waals surface area contributed by atoms with Crippen LogP contribution in [0.25, 0.3) is 0 Å². The molecule has 0 unspecified atom stereocenters. The molecule has 3 nitrogen and oxygen atoms in total. The average Bonchev–Trinajstić information content (AvgIpc) is 2.01. The van der Waals surface area contributed by atoms with Gasteiger partial charge in [-0.2, -0.15) is 0 Å². The van der Waals surface area contributed by atoms with E-state index in [9.17, 15) is 5.11 Å². The third kappa shape index (κ3) is 1.18. The summed E-state index contributed by atoms with van der Waals surface area (Å²) in [5.74, 6) is 0.805. The molecule has 1 aromatic rings. The van der Waals surface area contributed by atoms with E-state index < -0.39 is 0 Å². The maximum absolute atomic E-state index is 9.44. The summed E-state index contributed by atoms with van der Waals surface area (Å²) in [6.45, 7) is 3.67. The zero-order valence-electron chi connectivity index (χ0n) is 7.51. The Morgan fingerprint density at radius 1 is 1.42 bits per heavy atom. The van der Waals surface area contributed by atoms with Gasteiger partial charge in [0.05, 0.1) is 12.8 Å². The van der Waals surface area contributed by atoms with E-state index in [1.54, 1.807) is 20.1 Å². The van der Waals surface area contributed by atoms with Crippen molar-refractivity contribution in [3.8, 4) is 11.5 Å². The van der Waals surface area contributed by atoms with Gasteiger partial charge in [-0.25, -0.2) is 0 Å². The lowest BCUT2D eigenvalue weighted by molar-refractivity contribution is 0.400. The molecule has 0 amide bonds. The summed E-state index contributed by atoms with van der Waals surface area (Å²) in [4.78, 5) is 0. The van der Waals surface area contributed by atoms with Crippen LogP contribution in [0.4, 0.5) is 5.69 Å². The Balaban J connectivity index is 3.40. The van der Waals surface area contributed by atoms with Gasteiger partial charge in [0.25, 0.3) is 0 Å². The number of benzene rings is 1. The number of aryl methyl sites for hydroxylation is 1. The van der Waals surface area contributed by atoms with Crippen molar-refractivity contribution in [2.24, 2.45) is 0 Å².